The molecule has 0 aliphatic rings. The van der Waals surface area contributed by atoms with Gasteiger partial charge in [-0.25, -0.2) is 0 Å². The largest absolute Gasteiger partial charge is 0.469 e. The Morgan fingerprint density at radius 2 is 2.31 bits per heavy atom. The van der Waals surface area contributed by atoms with Crippen LogP contribution in [0, 0.1) is 0 Å². The molecule has 1 amide bonds. The van der Waals surface area contributed by atoms with Gasteiger partial charge in [-0.05, 0) is 18.5 Å². The van der Waals surface area contributed by atoms with Gasteiger partial charge in [0.1, 0.15) is 4.88 Å². The molecule has 16 heavy (non-hydrogen) atoms. The molecule has 7 heteroatoms. The molecule has 0 spiro atoms. The van der Waals surface area contributed by atoms with E-state index in [0.29, 0.717) is 18.0 Å². The lowest BCUT2D eigenvalue weighted by molar-refractivity contribution is -0.140. The zero-order valence-corrected chi connectivity index (χ0v) is 9.99. The van der Waals surface area contributed by atoms with Crippen molar-refractivity contribution in [3.8, 4) is 0 Å². The third kappa shape index (κ3) is 3.27. The fourth-order valence-corrected chi connectivity index (χ4v) is 1.63. The Bertz CT molecular complexity index is 353. The molecule has 0 fully saturated rings. The molecule has 1 rings (SSSR count). The normalized spacial score (nSPS) is 9.88. The number of hydrogen-bond acceptors (Lipinski definition) is 6. The first kappa shape index (κ1) is 12.6. The average Bonchev–Trinajstić information content (AvgIpc) is 2.82. The van der Waals surface area contributed by atoms with Crippen LogP contribution in [0.2, 0.25) is 0 Å². The van der Waals surface area contributed by atoms with Crippen LogP contribution in [0.25, 0.3) is 0 Å². The number of carbonyl (C=O) groups is 2. The number of carbonyl (C=O) groups excluding carboxylic acids is 2. The van der Waals surface area contributed by atoms with E-state index in [-0.39, 0.29) is 18.3 Å². The summed E-state index contributed by atoms with van der Waals surface area (Å²) in [6, 6.07) is 0. The first-order valence-electron chi connectivity index (χ1n) is 4.82. The molecule has 0 bridgehead atoms. The summed E-state index contributed by atoms with van der Waals surface area (Å²) in [7, 11) is 1.33. The predicted molar refractivity (Wildman–Crippen MR) is 58.1 cm³/mol. The summed E-state index contributed by atoms with van der Waals surface area (Å²) in [4.78, 5) is 24.8. The number of methoxy groups -OCH3 is 1. The Morgan fingerprint density at radius 1 is 1.56 bits per heavy atom. The molecule has 0 unspecified atom stereocenters. The lowest BCUT2D eigenvalue weighted by atomic mass is 10.3. The number of nitrogens with zero attached hydrogens (tertiary/aromatic N) is 3. The number of hydrogen-bond donors (Lipinski definition) is 0. The zero-order valence-electron chi connectivity index (χ0n) is 9.17. The Labute approximate surface area is 97.4 Å². The molecule has 0 aromatic carbocycles. The second-order valence-corrected chi connectivity index (χ2v) is 3.78. The van der Waals surface area contributed by atoms with Crippen LogP contribution in [0.1, 0.15) is 23.0 Å². The monoisotopic (exact) mass is 243 g/mol. The Hall–Kier alpha value is -1.50. The molecule has 1 aromatic heterocycles. The van der Waals surface area contributed by atoms with Crippen LogP contribution in [-0.2, 0) is 9.53 Å². The summed E-state index contributed by atoms with van der Waals surface area (Å²) in [5.74, 6) is -0.477. The summed E-state index contributed by atoms with van der Waals surface area (Å²) in [6.45, 7) is 2.73. The molecule has 0 N–H and O–H groups in total. The van der Waals surface area contributed by atoms with Crippen LogP contribution >= 0.6 is 11.5 Å². The van der Waals surface area contributed by atoms with Crippen molar-refractivity contribution in [3.63, 3.8) is 0 Å². The maximum absolute atomic E-state index is 11.8. The number of esters is 1. The number of amides is 1. The topological polar surface area (TPSA) is 72.4 Å². The lowest BCUT2D eigenvalue weighted by Crippen LogP contribution is -2.32. The first-order chi connectivity index (χ1) is 7.69. The van der Waals surface area contributed by atoms with E-state index in [1.807, 2.05) is 6.92 Å². The molecule has 0 aliphatic heterocycles. The van der Waals surface area contributed by atoms with Gasteiger partial charge in [-0.1, -0.05) is 4.49 Å². The molecule has 0 saturated carbocycles. The Balaban J connectivity index is 2.54. The Morgan fingerprint density at radius 3 is 2.81 bits per heavy atom. The van der Waals surface area contributed by atoms with Crippen molar-refractivity contribution in [3.05, 3.63) is 11.1 Å². The van der Waals surface area contributed by atoms with Gasteiger partial charge >= 0.3 is 5.97 Å². The van der Waals surface area contributed by atoms with Gasteiger partial charge in [0.15, 0.2) is 0 Å². The van der Waals surface area contributed by atoms with Crippen LogP contribution < -0.4 is 0 Å². The second kappa shape index (κ2) is 6.16. The summed E-state index contributed by atoms with van der Waals surface area (Å²) in [5.41, 5.74) is 0. The molecular formula is C9H13N3O3S. The highest BCUT2D eigenvalue weighted by Crippen LogP contribution is 2.07. The van der Waals surface area contributed by atoms with E-state index < -0.39 is 0 Å². The van der Waals surface area contributed by atoms with E-state index in [1.54, 1.807) is 4.90 Å². The first-order valence-corrected chi connectivity index (χ1v) is 5.59. The van der Waals surface area contributed by atoms with Gasteiger partial charge in [0.25, 0.3) is 5.91 Å². The summed E-state index contributed by atoms with van der Waals surface area (Å²) >= 11 is 1.05. The molecule has 0 atom stereocenters. The summed E-state index contributed by atoms with van der Waals surface area (Å²) < 4.78 is 8.14. The minimum atomic E-state index is -0.325. The van der Waals surface area contributed by atoms with Crippen LogP contribution in [0.5, 0.6) is 0 Å². The second-order valence-electron chi connectivity index (χ2n) is 2.99. The highest BCUT2D eigenvalue weighted by atomic mass is 32.1. The molecule has 0 saturated heterocycles. The van der Waals surface area contributed by atoms with Crippen LogP contribution in [0.4, 0.5) is 0 Å². The van der Waals surface area contributed by atoms with Crippen molar-refractivity contribution in [2.75, 3.05) is 20.2 Å². The molecule has 1 aromatic rings. The van der Waals surface area contributed by atoms with Gasteiger partial charge in [0.05, 0.1) is 19.7 Å². The van der Waals surface area contributed by atoms with Crippen molar-refractivity contribution < 1.29 is 14.3 Å². The minimum absolute atomic E-state index is 0.151. The van der Waals surface area contributed by atoms with Gasteiger partial charge in [-0.3, -0.25) is 9.59 Å². The van der Waals surface area contributed by atoms with E-state index in [0.717, 1.165) is 11.5 Å². The molecule has 0 aliphatic carbocycles. The van der Waals surface area contributed by atoms with E-state index >= 15 is 0 Å². The third-order valence-corrected chi connectivity index (χ3v) is 2.71. The van der Waals surface area contributed by atoms with Crippen molar-refractivity contribution in [2.24, 2.45) is 0 Å². The van der Waals surface area contributed by atoms with Gasteiger partial charge in [0.2, 0.25) is 0 Å². The molecule has 1 heterocycles. The van der Waals surface area contributed by atoms with Crippen LogP contribution in [0.3, 0.4) is 0 Å². The van der Waals surface area contributed by atoms with Gasteiger partial charge in [-0.2, -0.15) is 0 Å². The predicted octanol–water partition coefficient (Wildman–Crippen LogP) is 0.563. The van der Waals surface area contributed by atoms with E-state index in [2.05, 4.69) is 14.3 Å². The van der Waals surface area contributed by atoms with Crippen molar-refractivity contribution in [1.29, 1.82) is 0 Å². The van der Waals surface area contributed by atoms with Gasteiger partial charge < -0.3 is 9.64 Å². The highest BCUT2D eigenvalue weighted by Gasteiger charge is 2.17. The summed E-state index contributed by atoms with van der Waals surface area (Å²) in [6.07, 6.45) is 1.62. The third-order valence-electron chi connectivity index (χ3n) is 2.05. The molecule has 0 radical (unpaired) electrons. The maximum atomic E-state index is 11.8. The standard InChI is InChI=1S/C9H13N3O3S/c1-3-12(5-4-8(13)15-2)9(14)7-6-10-11-16-7/h6H,3-5H2,1-2H3. The Kier molecular flexibility index (Phi) is 4.84. The number of aromatic nitrogens is 2. The number of ether oxygens (including phenoxy) is 1. The van der Waals surface area contributed by atoms with Crippen LogP contribution in [0.15, 0.2) is 6.20 Å². The zero-order chi connectivity index (χ0) is 12.0. The molecule has 6 nitrogen and oxygen atoms in total. The van der Waals surface area contributed by atoms with E-state index in [4.69, 9.17) is 0 Å². The average molecular weight is 243 g/mol. The lowest BCUT2D eigenvalue weighted by Gasteiger charge is -2.18. The van der Waals surface area contributed by atoms with Crippen molar-refractivity contribution in [1.82, 2.24) is 14.5 Å². The van der Waals surface area contributed by atoms with Gasteiger partial charge in [-0.15, -0.1) is 5.10 Å². The number of rotatable bonds is 5. The SMILES string of the molecule is CCN(CCC(=O)OC)C(=O)c1cnns1. The molecular weight excluding hydrogens is 230 g/mol. The van der Waals surface area contributed by atoms with Gasteiger partial charge in [0, 0.05) is 13.1 Å². The summed E-state index contributed by atoms with van der Waals surface area (Å²) in [5, 5.41) is 3.60. The minimum Gasteiger partial charge on any atom is -0.469 e. The maximum Gasteiger partial charge on any atom is 0.307 e. The van der Waals surface area contributed by atoms with Crippen molar-refractivity contribution >= 4 is 23.4 Å². The van der Waals surface area contributed by atoms with Crippen molar-refractivity contribution in [2.45, 2.75) is 13.3 Å². The smallest absolute Gasteiger partial charge is 0.307 e. The fraction of sp³-hybridized carbons (Fsp3) is 0.556. The van der Waals surface area contributed by atoms with Crippen LogP contribution in [-0.4, -0.2) is 46.6 Å². The quantitative estimate of drug-likeness (QED) is 0.707. The fourth-order valence-electron chi connectivity index (χ4n) is 1.15. The highest BCUT2D eigenvalue weighted by molar-refractivity contribution is 7.07. The van der Waals surface area contributed by atoms with E-state index in [1.165, 1.54) is 13.3 Å². The van der Waals surface area contributed by atoms with E-state index in [9.17, 15) is 9.59 Å². The molecule has 88 valence electrons.